The van der Waals surface area contributed by atoms with Crippen molar-refractivity contribution < 1.29 is 33.9 Å². The van der Waals surface area contributed by atoms with E-state index in [-0.39, 0.29) is 5.75 Å². The van der Waals surface area contributed by atoms with Crippen molar-refractivity contribution in [2.75, 3.05) is 5.75 Å². The molecule has 0 aromatic rings. The highest BCUT2D eigenvalue weighted by atomic mass is 32.1. The summed E-state index contributed by atoms with van der Waals surface area (Å²) in [6, 6.07) is -5.22. The lowest BCUT2D eigenvalue weighted by Crippen LogP contribution is -2.57. The Morgan fingerprint density at radius 2 is 1.36 bits per heavy atom. The molecule has 0 aromatic heterocycles. The molecule has 0 spiro atoms. The van der Waals surface area contributed by atoms with Crippen LogP contribution < -0.4 is 33.2 Å². The normalized spacial score (nSPS) is 14.7. The smallest absolute Gasteiger partial charge is 0.326 e. The Labute approximate surface area is 165 Å². The summed E-state index contributed by atoms with van der Waals surface area (Å²) >= 11 is 3.92. The van der Waals surface area contributed by atoms with Crippen LogP contribution in [0, 0.1) is 0 Å². The van der Waals surface area contributed by atoms with Gasteiger partial charge in [-0.2, -0.15) is 12.6 Å². The second kappa shape index (κ2) is 11.8. The number of hydrogen-bond acceptors (Lipinski definition) is 8. The van der Waals surface area contributed by atoms with Crippen molar-refractivity contribution in [3.63, 3.8) is 0 Å². The van der Waals surface area contributed by atoms with E-state index in [1.807, 2.05) is 0 Å². The molecule has 0 aliphatic heterocycles. The average molecular weight is 420 g/mol. The summed E-state index contributed by atoms with van der Waals surface area (Å²) in [6.45, 7) is 1.26. The van der Waals surface area contributed by atoms with Crippen molar-refractivity contribution in [2.24, 2.45) is 17.2 Å². The number of carbonyl (C=O) groups is 6. The van der Waals surface area contributed by atoms with Crippen LogP contribution in [-0.4, -0.2) is 70.5 Å². The van der Waals surface area contributed by atoms with E-state index in [4.69, 9.17) is 22.3 Å². The zero-order chi connectivity index (χ0) is 22.0. The van der Waals surface area contributed by atoms with E-state index in [2.05, 4.69) is 28.6 Å². The van der Waals surface area contributed by atoms with E-state index >= 15 is 0 Å². The molecule has 0 aliphatic carbocycles. The molecule has 0 heterocycles. The van der Waals surface area contributed by atoms with E-state index in [1.54, 1.807) is 0 Å². The van der Waals surface area contributed by atoms with Crippen LogP contribution in [0.1, 0.15) is 19.8 Å². The van der Waals surface area contributed by atoms with Gasteiger partial charge >= 0.3 is 5.97 Å². The highest BCUT2D eigenvalue weighted by molar-refractivity contribution is 7.80. The number of rotatable bonds is 12. The first-order valence-electron chi connectivity index (χ1n) is 7.96. The first kappa shape index (κ1) is 25.1. The number of carboxylic acid groups (broad SMARTS) is 1. The summed E-state index contributed by atoms with van der Waals surface area (Å²) in [5.41, 5.74) is 15.3. The number of hydrogen-bond donors (Lipinski definition) is 8. The van der Waals surface area contributed by atoms with Crippen molar-refractivity contribution in [1.82, 2.24) is 16.0 Å². The summed E-state index contributed by atoms with van der Waals surface area (Å²) in [5.74, 6) is -5.89. The molecule has 4 unspecified atom stereocenters. The van der Waals surface area contributed by atoms with Crippen molar-refractivity contribution in [1.29, 1.82) is 0 Å². The Kier molecular flexibility index (Phi) is 10.6. The predicted molar refractivity (Wildman–Crippen MR) is 98.6 cm³/mol. The first-order valence-corrected chi connectivity index (χ1v) is 8.59. The topological polar surface area (TPSA) is 237 Å². The molecule has 28 heavy (non-hydrogen) atoms. The second-order valence-electron chi connectivity index (χ2n) is 5.82. The highest BCUT2D eigenvalue weighted by Crippen LogP contribution is 1.97. The van der Waals surface area contributed by atoms with Crippen LogP contribution in [0.3, 0.4) is 0 Å². The van der Waals surface area contributed by atoms with Gasteiger partial charge in [0.25, 0.3) is 0 Å². The van der Waals surface area contributed by atoms with Crippen molar-refractivity contribution in [3.05, 3.63) is 0 Å². The number of carboxylic acids is 1. The number of carbonyl (C=O) groups excluding carboxylic acids is 5. The van der Waals surface area contributed by atoms with E-state index < -0.39 is 72.5 Å². The van der Waals surface area contributed by atoms with E-state index in [0.717, 1.165) is 0 Å². The molecule has 10 N–H and O–H groups in total. The van der Waals surface area contributed by atoms with Gasteiger partial charge in [-0.3, -0.25) is 24.0 Å². The van der Waals surface area contributed by atoms with Gasteiger partial charge < -0.3 is 38.3 Å². The summed E-state index contributed by atoms with van der Waals surface area (Å²) in [5, 5.41) is 15.5. The van der Waals surface area contributed by atoms with E-state index in [1.165, 1.54) is 6.92 Å². The minimum Gasteiger partial charge on any atom is -0.480 e. The maximum atomic E-state index is 12.2. The number of thiol groups is 1. The molecule has 5 amide bonds. The van der Waals surface area contributed by atoms with Crippen LogP contribution >= 0.6 is 12.6 Å². The standard InChI is InChI=1S/C14H24N6O7S/c1-5(11(23)19-7(14(26)27)3-10(17)22)18-13(25)8(4-28)20-12(24)6(15)2-9(16)21/h5-8,28H,2-4,15H2,1H3,(H2,16,21)(H2,17,22)(H,18,25)(H,19,23)(H,20,24)(H,26,27). The number of aliphatic carboxylic acids is 1. The van der Waals surface area contributed by atoms with Crippen molar-refractivity contribution >= 4 is 48.1 Å². The summed E-state index contributed by atoms with van der Waals surface area (Å²) in [6.07, 6.45) is -1.06. The largest absolute Gasteiger partial charge is 0.480 e. The molecule has 0 radical (unpaired) electrons. The summed E-state index contributed by atoms with van der Waals surface area (Å²) in [7, 11) is 0. The molecule has 14 heteroatoms. The van der Waals surface area contributed by atoms with Gasteiger partial charge in [0, 0.05) is 5.75 Å². The molecule has 0 fully saturated rings. The van der Waals surface area contributed by atoms with Gasteiger partial charge in [-0.1, -0.05) is 0 Å². The third-order valence-electron chi connectivity index (χ3n) is 3.35. The van der Waals surface area contributed by atoms with Gasteiger partial charge in [0.1, 0.15) is 18.1 Å². The SMILES string of the molecule is CC(NC(=O)C(CS)NC(=O)C(N)CC(N)=O)C(=O)NC(CC(N)=O)C(=O)O. The maximum Gasteiger partial charge on any atom is 0.326 e. The van der Waals surface area contributed by atoms with Gasteiger partial charge in [0.05, 0.1) is 18.9 Å². The summed E-state index contributed by atoms with van der Waals surface area (Å²) < 4.78 is 0. The van der Waals surface area contributed by atoms with E-state index in [9.17, 15) is 28.8 Å². The van der Waals surface area contributed by atoms with Gasteiger partial charge in [0.2, 0.25) is 29.5 Å². The molecule has 0 aromatic carbocycles. The molecule has 13 nitrogen and oxygen atoms in total. The van der Waals surface area contributed by atoms with Crippen LogP contribution in [-0.2, 0) is 28.8 Å². The predicted octanol–water partition coefficient (Wildman–Crippen LogP) is -4.45. The molecule has 0 rings (SSSR count). The average Bonchev–Trinajstić information content (AvgIpc) is 2.57. The Balaban J connectivity index is 4.84. The third-order valence-corrected chi connectivity index (χ3v) is 3.71. The fourth-order valence-corrected chi connectivity index (χ4v) is 2.12. The molecular weight excluding hydrogens is 396 g/mol. The first-order chi connectivity index (χ1) is 12.9. The molecule has 0 bridgehead atoms. The lowest BCUT2D eigenvalue weighted by Gasteiger charge is -2.22. The van der Waals surface area contributed by atoms with Crippen LogP contribution in [0.5, 0.6) is 0 Å². The maximum absolute atomic E-state index is 12.2. The fraction of sp³-hybridized carbons (Fsp3) is 0.571. The van der Waals surface area contributed by atoms with Gasteiger partial charge in [-0.25, -0.2) is 4.79 Å². The molecule has 0 aliphatic rings. The Bertz CT molecular complexity index is 644. The Morgan fingerprint density at radius 3 is 1.79 bits per heavy atom. The summed E-state index contributed by atoms with van der Waals surface area (Å²) in [4.78, 5) is 68.7. The van der Waals surface area contributed by atoms with Crippen LogP contribution in [0.2, 0.25) is 0 Å². The second-order valence-corrected chi connectivity index (χ2v) is 6.19. The molecular formula is C14H24N6O7S. The number of nitrogens with one attached hydrogen (secondary N) is 3. The fourth-order valence-electron chi connectivity index (χ4n) is 1.86. The number of nitrogens with two attached hydrogens (primary N) is 3. The minimum atomic E-state index is -1.56. The molecule has 158 valence electrons. The number of primary amides is 2. The van der Waals surface area contributed by atoms with Crippen LogP contribution in [0.4, 0.5) is 0 Å². The van der Waals surface area contributed by atoms with Crippen molar-refractivity contribution in [2.45, 2.75) is 43.9 Å². The Morgan fingerprint density at radius 1 is 0.857 bits per heavy atom. The lowest BCUT2D eigenvalue weighted by atomic mass is 10.1. The minimum absolute atomic E-state index is 0.158. The molecule has 0 saturated carbocycles. The third kappa shape index (κ3) is 9.18. The Hall–Kier alpha value is -2.87. The van der Waals surface area contributed by atoms with Gasteiger partial charge in [0.15, 0.2) is 0 Å². The van der Waals surface area contributed by atoms with Crippen LogP contribution in [0.25, 0.3) is 0 Å². The zero-order valence-corrected chi connectivity index (χ0v) is 15.9. The van der Waals surface area contributed by atoms with Gasteiger partial charge in [-0.05, 0) is 6.92 Å². The quantitative estimate of drug-likeness (QED) is 0.143. The zero-order valence-electron chi connectivity index (χ0n) is 15.0. The van der Waals surface area contributed by atoms with Crippen LogP contribution in [0.15, 0.2) is 0 Å². The lowest BCUT2D eigenvalue weighted by molar-refractivity contribution is -0.143. The van der Waals surface area contributed by atoms with Gasteiger partial charge in [-0.15, -0.1) is 0 Å². The number of amides is 5. The monoisotopic (exact) mass is 420 g/mol. The van der Waals surface area contributed by atoms with E-state index in [0.29, 0.717) is 0 Å². The highest BCUT2D eigenvalue weighted by Gasteiger charge is 2.28. The molecule has 4 atom stereocenters. The molecule has 0 saturated heterocycles. The van der Waals surface area contributed by atoms with Crippen molar-refractivity contribution in [3.8, 4) is 0 Å².